The summed E-state index contributed by atoms with van der Waals surface area (Å²) in [6, 6.07) is 9.45. The molecule has 0 radical (unpaired) electrons. The third kappa shape index (κ3) is 5.92. The summed E-state index contributed by atoms with van der Waals surface area (Å²) in [4.78, 5) is 9.27. The Kier molecular flexibility index (Phi) is 7.81. The fourth-order valence-corrected chi connectivity index (χ4v) is 3.31. The molecule has 0 amide bonds. The predicted octanol–water partition coefficient (Wildman–Crippen LogP) is 3.59. The Balaban J connectivity index is 0.00000208. The lowest BCUT2D eigenvalue weighted by molar-refractivity contribution is 0.277. The highest BCUT2D eigenvalue weighted by Gasteiger charge is 2.27. The molecule has 1 aliphatic carbocycles. The number of nitrogens with zero attached hydrogens (tertiary/aromatic N) is 3. The van der Waals surface area contributed by atoms with Crippen LogP contribution in [0.15, 0.2) is 29.3 Å². The molecule has 134 valence electrons. The summed E-state index contributed by atoms with van der Waals surface area (Å²) in [5, 5.41) is 0. The van der Waals surface area contributed by atoms with Crippen LogP contribution in [0.4, 0.5) is 0 Å². The molecule has 0 bridgehead atoms. The standard InChI is InChI=1S/C19H30N4.HI/c1-22(18-9-10-18)19(20)21-14-16-7-6-8-17(13-16)15-23-11-4-2-3-5-12-23;/h6-8,13,18H,2-5,9-12,14-15H2,1H3,(H2,20,21);1H. The second-order valence-corrected chi connectivity index (χ2v) is 7.03. The SMILES string of the molecule is CN(C(N)=NCc1cccc(CN2CCCCCC2)c1)C1CC1.I. The maximum Gasteiger partial charge on any atom is 0.191 e. The van der Waals surface area contributed by atoms with E-state index in [1.165, 1.54) is 62.7 Å². The fraction of sp³-hybridized carbons (Fsp3) is 0.632. The minimum atomic E-state index is 0. The first-order valence-electron chi connectivity index (χ1n) is 9.05. The number of hydrogen-bond donors (Lipinski definition) is 1. The van der Waals surface area contributed by atoms with Gasteiger partial charge in [-0.25, -0.2) is 4.99 Å². The molecular weight excluding hydrogens is 411 g/mol. The Hall–Kier alpha value is -0.820. The zero-order chi connectivity index (χ0) is 16.1. The summed E-state index contributed by atoms with van der Waals surface area (Å²) in [6.07, 6.45) is 7.95. The fourth-order valence-electron chi connectivity index (χ4n) is 3.31. The van der Waals surface area contributed by atoms with Gasteiger partial charge >= 0.3 is 0 Å². The third-order valence-electron chi connectivity index (χ3n) is 4.98. The van der Waals surface area contributed by atoms with E-state index >= 15 is 0 Å². The quantitative estimate of drug-likeness (QED) is 0.431. The van der Waals surface area contributed by atoms with Crippen LogP contribution in [0.25, 0.3) is 0 Å². The van der Waals surface area contributed by atoms with Crippen molar-refractivity contribution in [2.75, 3.05) is 20.1 Å². The van der Waals surface area contributed by atoms with Crippen molar-refractivity contribution in [3.05, 3.63) is 35.4 Å². The predicted molar refractivity (Wildman–Crippen MR) is 112 cm³/mol. The minimum Gasteiger partial charge on any atom is -0.370 e. The maximum absolute atomic E-state index is 6.08. The molecule has 0 aromatic heterocycles. The topological polar surface area (TPSA) is 44.9 Å². The number of aliphatic imine (C=N–C) groups is 1. The molecule has 5 heteroatoms. The van der Waals surface area contributed by atoms with E-state index in [2.05, 4.69) is 39.1 Å². The Bertz CT molecular complexity index is 534. The Morgan fingerprint density at radius 3 is 2.50 bits per heavy atom. The normalized spacial score (nSPS) is 19.5. The Morgan fingerprint density at radius 1 is 1.17 bits per heavy atom. The Morgan fingerprint density at radius 2 is 1.83 bits per heavy atom. The monoisotopic (exact) mass is 442 g/mol. The number of halogens is 1. The van der Waals surface area contributed by atoms with Crippen LogP contribution in [-0.2, 0) is 13.1 Å². The number of hydrogen-bond acceptors (Lipinski definition) is 2. The molecule has 24 heavy (non-hydrogen) atoms. The summed E-state index contributed by atoms with van der Waals surface area (Å²) in [6.45, 7) is 4.22. The van der Waals surface area contributed by atoms with E-state index in [1.807, 2.05) is 7.05 Å². The van der Waals surface area contributed by atoms with Crippen molar-refractivity contribution in [1.82, 2.24) is 9.80 Å². The average molecular weight is 442 g/mol. The molecule has 1 saturated carbocycles. The summed E-state index contributed by atoms with van der Waals surface area (Å²) >= 11 is 0. The second kappa shape index (κ2) is 9.61. The molecule has 2 aliphatic rings. The van der Waals surface area contributed by atoms with Gasteiger partial charge in [-0.2, -0.15) is 0 Å². The lowest BCUT2D eigenvalue weighted by atomic mass is 10.1. The third-order valence-corrected chi connectivity index (χ3v) is 4.98. The van der Waals surface area contributed by atoms with Gasteiger partial charge in [0.2, 0.25) is 0 Å². The van der Waals surface area contributed by atoms with E-state index in [1.54, 1.807) is 0 Å². The van der Waals surface area contributed by atoms with Crippen molar-refractivity contribution in [1.29, 1.82) is 0 Å². The molecule has 0 spiro atoms. The van der Waals surface area contributed by atoms with Gasteiger partial charge in [-0.3, -0.25) is 4.90 Å². The van der Waals surface area contributed by atoms with Crippen LogP contribution >= 0.6 is 24.0 Å². The van der Waals surface area contributed by atoms with Crippen LogP contribution in [0.5, 0.6) is 0 Å². The van der Waals surface area contributed by atoms with Crippen LogP contribution in [0.2, 0.25) is 0 Å². The van der Waals surface area contributed by atoms with Crippen LogP contribution in [-0.4, -0.2) is 41.9 Å². The van der Waals surface area contributed by atoms with Gasteiger partial charge in [-0.15, -0.1) is 24.0 Å². The van der Waals surface area contributed by atoms with Gasteiger partial charge in [-0.05, 0) is 49.9 Å². The highest BCUT2D eigenvalue weighted by atomic mass is 127. The van der Waals surface area contributed by atoms with Crippen LogP contribution in [0.3, 0.4) is 0 Å². The zero-order valence-electron chi connectivity index (χ0n) is 14.8. The summed E-state index contributed by atoms with van der Waals surface area (Å²) in [5.74, 6) is 0.672. The molecule has 0 atom stereocenters. The molecule has 3 rings (SSSR count). The van der Waals surface area contributed by atoms with Crippen molar-refractivity contribution >= 4 is 29.9 Å². The average Bonchev–Trinajstić information content (AvgIpc) is 3.40. The van der Waals surface area contributed by atoms with Crippen LogP contribution in [0, 0.1) is 0 Å². The number of benzene rings is 1. The first-order valence-corrected chi connectivity index (χ1v) is 9.05. The summed E-state index contributed by atoms with van der Waals surface area (Å²) in [7, 11) is 2.05. The van der Waals surface area contributed by atoms with Gasteiger partial charge in [0.05, 0.1) is 6.54 Å². The van der Waals surface area contributed by atoms with Crippen molar-refractivity contribution in [3.8, 4) is 0 Å². The molecule has 2 N–H and O–H groups in total. The van der Waals surface area contributed by atoms with Gasteiger partial charge in [0.15, 0.2) is 5.96 Å². The highest BCUT2D eigenvalue weighted by molar-refractivity contribution is 14.0. The second-order valence-electron chi connectivity index (χ2n) is 7.03. The zero-order valence-corrected chi connectivity index (χ0v) is 17.1. The first kappa shape index (κ1) is 19.5. The lowest BCUT2D eigenvalue weighted by Gasteiger charge is -2.20. The lowest BCUT2D eigenvalue weighted by Crippen LogP contribution is -2.35. The van der Waals surface area contributed by atoms with Gasteiger partial charge in [0.25, 0.3) is 0 Å². The molecule has 0 unspecified atom stereocenters. The van der Waals surface area contributed by atoms with E-state index in [0.29, 0.717) is 18.5 Å². The number of nitrogens with two attached hydrogens (primary N) is 1. The highest BCUT2D eigenvalue weighted by Crippen LogP contribution is 2.25. The number of guanidine groups is 1. The summed E-state index contributed by atoms with van der Waals surface area (Å²) in [5.41, 5.74) is 8.73. The Labute approximate surface area is 163 Å². The van der Waals surface area contributed by atoms with Crippen molar-refractivity contribution in [2.24, 2.45) is 10.7 Å². The molecule has 1 saturated heterocycles. The number of likely N-dealkylation sites (tertiary alicyclic amines) is 1. The number of rotatable bonds is 5. The molecule has 1 aromatic carbocycles. The molecular formula is C19H31IN4. The van der Waals surface area contributed by atoms with E-state index < -0.39 is 0 Å². The molecule has 4 nitrogen and oxygen atoms in total. The summed E-state index contributed by atoms with van der Waals surface area (Å²) < 4.78 is 0. The molecule has 1 aliphatic heterocycles. The van der Waals surface area contributed by atoms with E-state index in [4.69, 9.17) is 5.73 Å². The van der Waals surface area contributed by atoms with E-state index in [0.717, 1.165) is 6.54 Å². The van der Waals surface area contributed by atoms with Crippen molar-refractivity contribution in [3.63, 3.8) is 0 Å². The van der Waals surface area contributed by atoms with Crippen LogP contribution < -0.4 is 5.73 Å². The van der Waals surface area contributed by atoms with Crippen LogP contribution in [0.1, 0.15) is 49.7 Å². The first-order chi connectivity index (χ1) is 11.2. The van der Waals surface area contributed by atoms with Crippen molar-refractivity contribution < 1.29 is 0 Å². The van der Waals surface area contributed by atoms with Gasteiger partial charge in [0.1, 0.15) is 0 Å². The molecule has 2 fully saturated rings. The molecule has 1 aromatic rings. The van der Waals surface area contributed by atoms with E-state index in [-0.39, 0.29) is 24.0 Å². The largest absolute Gasteiger partial charge is 0.370 e. The minimum absolute atomic E-state index is 0. The molecule has 1 heterocycles. The van der Waals surface area contributed by atoms with Gasteiger partial charge < -0.3 is 10.6 Å². The maximum atomic E-state index is 6.08. The smallest absolute Gasteiger partial charge is 0.191 e. The van der Waals surface area contributed by atoms with Crippen molar-refractivity contribution in [2.45, 2.75) is 57.7 Å². The van der Waals surface area contributed by atoms with Gasteiger partial charge in [-0.1, -0.05) is 37.1 Å². The van der Waals surface area contributed by atoms with E-state index in [9.17, 15) is 0 Å². The van der Waals surface area contributed by atoms with Gasteiger partial charge in [0, 0.05) is 19.6 Å².